The van der Waals surface area contributed by atoms with Crippen molar-refractivity contribution in [2.24, 2.45) is 0 Å². The van der Waals surface area contributed by atoms with Gasteiger partial charge in [0.2, 0.25) is 0 Å². The lowest BCUT2D eigenvalue weighted by Gasteiger charge is -2.13. The first-order valence-electron chi connectivity index (χ1n) is 7.23. The van der Waals surface area contributed by atoms with E-state index in [0.29, 0.717) is 5.02 Å². The minimum absolute atomic E-state index is 0.665. The number of hydrogen-bond donors (Lipinski definition) is 1. The van der Waals surface area contributed by atoms with Crippen LogP contribution in [0.4, 0.5) is 0 Å². The zero-order chi connectivity index (χ0) is 15.1. The van der Waals surface area contributed by atoms with Crippen molar-refractivity contribution in [3.63, 3.8) is 0 Å². The molecule has 1 nitrogen and oxygen atoms in total. The quantitative estimate of drug-likeness (QED) is 0.624. The van der Waals surface area contributed by atoms with Gasteiger partial charge >= 0.3 is 0 Å². The van der Waals surface area contributed by atoms with Gasteiger partial charge in [-0.2, -0.15) is 0 Å². The van der Waals surface area contributed by atoms with Crippen LogP contribution in [0, 0.1) is 11.8 Å². The molecule has 0 fully saturated rings. The lowest BCUT2D eigenvalue weighted by molar-refractivity contribution is 0.220. The van der Waals surface area contributed by atoms with Crippen LogP contribution in [0.15, 0.2) is 48.5 Å². The van der Waals surface area contributed by atoms with Crippen molar-refractivity contribution in [2.45, 2.75) is 32.3 Å². The second kappa shape index (κ2) is 7.88. The number of hydrogen-bond acceptors (Lipinski definition) is 1. The highest BCUT2D eigenvalue weighted by atomic mass is 35.5. The summed E-state index contributed by atoms with van der Waals surface area (Å²) < 4.78 is 0. The molecule has 0 aromatic heterocycles. The van der Waals surface area contributed by atoms with Crippen molar-refractivity contribution < 1.29 is 5.11 Å². The Hall–Kier alpha value is -1.75. The zero-order valence-corrected chi connectivity index (χ0v) is 12.9. The molecule has 1 atom stereocenters. The number of rotatable bonds is 4. The average Bonchev–Trinajstić information content (AvgIpc) is 2.52. The second-order valence-corrected chi connectivity index (χ2v) is 5.38. The van der Waals surface area contributed by atoms with E-state index < -0.39 is 6.10 Å². The van der Waals surface area contributed by atoms with E-state index >= 15 is 0 Å². The third-order valence-corrected chi connectivity index (χ3v) is 3.57. The molecule has 0 amide bonds. The van der Waals surface area contributed by atoms with Gasteiger partial charge in [-0.15, -0.1) is 0 Å². The summed E-state index contributed by atoms with van der Waals surface area (Å²) in [4.78, 5) is 0. The highest BCUT2D eigenvalue weighted by molar-refractivity contribution is 6.30. The standard InChI is InChI=1S/C19H19ClO/c1-2-3-4-5-8-15-9-6-7-10-18(15)19(21)16-11-13-17(20)14-12-16/h6-7,9-14,19,21H,2-4H2,1H3. The lowest BCUT2D eigenvalue weighted by atomic mass is 9.97. The Kier molecular flexibility index (Phi) is 5.87. The van der Waals surface area contributed by atoms with E-state index in [1.807, 2.05) is 36.4 Å². The Balaban J connectivity index is 2.26. The summed E-state index contributed by atoms with van der Waals surface area (Å²) in [5.41, 5.74) is 2.54. The normalized spacial score (nSPS) is 11.6. The van der Waals surface area contributed by atoms with Crippen molar-refractivity contribution in [1.82, 2.24) is 0 Å². The number of halogens is 1. The van der Waals surface area contributed by atoms with Gasteiger partial charge in [0.25, 0.3) is 0 Å². The Morgan fingerprint density at radius 2 is 1.81 bits per heavy atom. The fourth-order valence-electron chi connectivity index (χ4n) is 2.10. The van der Waals surface area contributed by atoms with Crippen LogP contribution in [-0.2, 0) is 0 Å². The molecular formula is C19H19ClO. The van der Waals surface area contributed by atoms with Crippen LogP contribution in [0.25, 0.3) is 0 Å². The van der Waals surface area contributed by atoms with Crippen molar-refractivity contribution >= 4 is 11.6 Å². The third-order valence-electron chi connectivity index (χ3n) is 3.32. The molecule has 0 aliphatic carbocycles. The summed E-state index contributed by atoms with van der Waals surface area (Å²) >= 11 is 5.89. The molecule has 0 saturated heterocycles. The van der Waals surface area contributed by atoms with E-state index in [1.165, 1.54) is 0 Å². The van der Waals surface area contributed by atoms with Gasteiger partial charge in [-0.05, 0) is 30.2 Å². The summed E-state index contributed by atoms with van der Waals surface area (Å²) in [7, 11) is 0. The summed E-state index contributed by atoms with van der Waals surface area (Å²) in [5.74, 6) is 6.35. The molecule has 0 saturated carbocycles. The molecule has 108 valence electrons. The number of aliphatic hydroxyl groups is 1. The first-order valence-corrected chi connectivity index (χ1v) is 7.61. The highest BCUT2D eigenvalue weighted by Crippen LogP contribution is 2.25. The zero-order valence-electron chi connectivity index (χ0n) is 12.1. The van der Waals surface area contributed by atoms with Gasteiger partial charge in [0.05, 0.1) is 0 Å². The number of benzene rings is 2. The molecule has 0 aliphatic rings. The molecule has 2 heteroatoms. The SMILES string of the molecule is CCCCC#Cc1ccccc1C(O)c1ccc(Cl)cc1. The highest BCUT2D eigenvalue weighted by Gasteiger charge is 2.13. The minimum Gasteiger partial charge on any atom is -0.384 e. The second-order valence-electron chi connectivity index (χ2n) is 4.95. The minimum atomic E-state index is -0.682. The van der Waals surface area contributed by atoms with E-state index in [9.17, 15) is 5.11 Å². The first kappa shape index (κ1) is 15.6. The Bertz CT molecular complexity index is 635. The monoisotopic (exact) mass is 298 g/mol. The predicted octanol–water partition coefficient (Wildman–Crippen LogP) is 4.96. The van der Waals surface area contributed by atoms with Crippen LogP contribution in [-0.4, -0.2) is 5.11 Å². The van der Waals surface area contributed by atoms with Crippen molar-refractivity contribution in [1.29, 1.82) is 0 Å². The van der Waals surface area contributed by atoms with Gasteiger partial charge < -0.3 is 5.11 Å². The van der Waals surface area contributed by atoms with E-state index in [0.717, 1.165) is 36.0 Å². The average molecular weight is 299 g/mol. The molecule has 0 heterocycles. The molecule has 0 spiro atoms. The van der Waals surface area contributed by atoms with Crippen molar-refractivity contribution in [2.75, 3.05) is 0 Å². The molecule has 0 radical (unpaired) electrons. The Morgan fingerprint density at radius 3 is 2.52 bits per heavy atom. The van der Waals surface area contributed by atoms with Gasteiger partial charge in [0.1, 0.15) is 6.10 Å². The van der Waals surface area contributed by atoms with Crippen LogP contribution < -0.4 is 0 Å². The van der Waals surface area contributed by atoms with Gasteiger partial charge in [-0.1, -0.05) is 67.1 Å². The Labute approximate surface area is 131 Å². The summed E-state index contributed by atoms with van der Waals surface area (Å²) in [6.45, 7) is 2.15. The fraction of sp³-hybridized carbons (Fsp3) is 0.263. The van der Waals surface area contributed by atoms with Crippen molar-refractivity contribution in [3.8, 4) is 11.8 Å². The van der Waals surface area contributed by atoms with Crippen LogP contribution in [0.5, 0.6) is 0 Å². The van der Waals surface area contributed by atoms with Gasteiger partial charge in [-0.3, -0.25) is 0 Å². The molecule has 2 aromatic carbocycles. The maximum Gasteiger partial charge on any atom is 0.105 e. The van der Waals surface area contributed by atoms with E-state index in [4.69, 9.17) is 11.6 Å². The molecule has 21 heavy (non-hydrogen) atoms. The molecule has 1 unspecified atom stereocenters. The lowest BCUT2D eigenvalue weighted by Crippen LogP contribution is -2.02. The molecule has 0 aliphatic heterocycles. The summed E-state index contributed by atoms with van der Waals surface area (Å²) in [6, 6.07) is 15.0. The maximum atomic E-state index is 10.6. The number of aliphatic hydroxyl groups excluding tert-OH is 1. The van der Waals surface area contributed by atoms with E-state index in [1.54, 1.807) is 12.1 Å². The fourth-order valence-corrected chi connectivity index (χ4v) is 2.22. The van der Waals surface area contributed by atoms with E-state index in [-0.39, 0.29) is 0 Å². The third kappa shape index (κ3) is 4.36. The molecule has 2 aromatic rings. The predicted molar refractivity (Wildman–Crippen MR) is 88.4 cm³/mol. The van der Waals surface area contributed by atoms with Crippen LogP contribution >= 0.6 is 11.6 Å². The molecule has 0 bridgehead atoms. The van der Waals surface area contributed by atoms with Gasteiger partial charge in [0, 0.05) is 22.6 Å². The molecule has 2 rings (SSSR count). The number of unbranched alkanes of at least 4 members (excludes halogenated alkanes) is 2. The van der Waals surface area contributed by atoms with E-state index in [2.05, 4.69) is 18.8 Å². The largest absolute Gasteiger partial charge is 0.384 e. The van der Waals surface area contributed by atoms with Crippen molar-refractivity contribution in [3.05, 3.63) is 70.2 Å². The first-order chi connectivity index (χ1) is 10.2. The van der Waals surface area contributed by atoms with Crippen LogP contribution in [0.3, 0.4) is 0 Å². The topological polar surface area (TPSA) is 20.2 Å². The van der Waals surface area contributed by atoms with Crippen LogP contribution in [0.2, 0.25) is 5.02 Å². The molecular weight excluding hydrogens is 280 g/mol. The smallest absolute Gasteiger partial charge is 0.105 e. The Morgan fingerprint density at radius 1 is 1.10 bits per heavy atom. The summed E-state index contributed by atoms with van der Waals surface area (Å²) in [5, 5.41) is 11.2. The maximum absolute atomic E-state index is 10.6. The molecule has 1 N–H and O–H groups in total. The van der Waals surface area contributed by atoms with Gasteiger partial charge in [-0.25, -0.2) is 0 Å². The van der Waals surface area contributed by atoms with Crippen LogP contribution in [0.1, 0.15) is 49.0 Å². The summed E-state index contributed by atoms with van der Waals surface area (Å²) in [6.07, 6.45) is 2.46. The van der Waals surface area contributed by atoms with Gasteiger partial charge in [0.15, 0.2) is 0 Å².